The molecule has 0 saturated heterocycles. The van der Waals surface area contributed by atoms with Crippen LogP contribution in [0.5, 0.6) is 0 Å². The predicted octanol–water partition coefficient (Wildman–Crippen LogP) is 3.44. The molecule has 3 nitrogen and oxygen atoms in total. The molecule has 0 fully saturated rings. The Morgan fingerprint density at radius 3 is 2.76 bits per heavy atom. The first-order valence-corrected chi connectivity index (χ1v) is 6.24. The van der Waals surface area contributed by atoms with E-state index in [1.54, 1.807) is 0 Å². The number of hydrogen-bond donors (Lipinski definition) is 0. The number of aryl methyl sites for hydroxylation is 2. The molecule has 0 aliphatic rings. The van der Waals surface area contributed by atoms with E-state index in [1.165, 1.54) is 19.3 Å². The molecule has 0 N–H and O–H groups in total. The Labute approximate surface area is 103 Å². The van der Waals surface area contributed by atoms with Crippen LogP contribution in [0.2, 0.25) is 0 Å². The Morgan fingerprint density at radius 2 is 2.06 bits per heavy atom. The normalized spacial score (nSPS) is 10.7. The van der Waals surface area contributed by atoms with Crippen molar-refractivity contribution in [3.8, 4) is 11.3 Å². The van der Waals surface area contributed by atoms with Gasteiger partial charge in [-0.15, -0.1) is 0 Å². The summed E-state index contributed by atoms with van der Waals surface area (Å²) in [5.41, 5.74) is 3.13. The van der Waals surface area contributed by atoms with Gasteiger partial charge in [0.2, 0.25) is 0 Å². The number of imidazole rings is 1. The summed E-state index contributed by atoms with van der Waals surface area (Å²) in [6.45, 7) is 5.27. The molecular formula is C14H19N3. The van der Waals surface area contributed by atoms with Crippen molar-refractivity contribution in [2.45, 2.75) is 39.7 Å². The molecule has 0 atom stereocenters. The summed E-state index contributed by atoms with van der Waals surface area (Å²) >= 11 is 0. The number of nitrogens with zero attached hydrogens (tertiary/aromatic N) is 3. The van der Waals surface area contributed by atoms with Gasteiger partial charge in [0, 0.05) is 30.2 Å². The molecule has 0 bridgehead atoms. The largest absolute Gasteiger partial charge is 0.337 e. The van der Waals surface area contributed by atoms with Gasteiger partial charge in [-0.3, -0.25) is 4.98 Å². The molecule has 0 aliphatic heterocycles. The van der Waals surface area contributed by atoms with Gasteiger partial charge in [0.25, 0.3) is 0 Å². The van der Waals surface area contributed by atoms with Crippen LogP contribution in [-0.2, 0) is 6.54 Å². The fourth-order valence-electron chi connectivity index (χ4n) is 1.80. The van der Waals surface area contributed by atoms with Crippen LogP contribution >= 0.6 is 0 Å². The van der Waals surface area contributed by atoms with E-state index in [0.29, 0.717) is 0 Å². The second-order valence-corrected chi connectivity index (χ2v) is 4.39. The molecule has 17 heavy (non-hydrogen) atoms. The molecule has 0 aromatic carbocycles. The summed E-state index contributed by atoms with van der Waals surface area (Å²) in [6.07, 6.45) is 9.64. The van der Waals surface area contributed by atoms with Crippen LogP contribution in [0.25, 0.3) is 11.3 Å². The van der Waals surface area contributed by atoms with Gasteiger partial charge < -0.3 is 4.57 Å². The van der Waals surface area contributed by atoms with Gasteiger partial charge in [0.15, 0.2) is 0 Å². The first-order valence-electron chi connectivity index (χ1n) is 6.24. The fourth-order valence-corrected chi connectivity index (χ4v) is 1.80. The zero-order valence-corrected chi connectivity index (χ0v) is 10.6. The minimum Gasteiger partial charge on any atom is -0.337 e. The van der Waals surface area contributed by atoms with Gasteiger partial charge in [-0.1, -0.05) is 19.8 Å². The summed E-state index contributed by atoms with van der Waals surface area (Å²) in [7, 11) is 0. The van der Waals surface area contributed by atoms with Crippen LogP contribution in [0, 0.1) is 6.92 Å². The van der Waals surface area contributed by atoms with Crippen molar-refractivity contribution in [3.05, 3.63) is 36.5 Å². The fraction of sp³-hybridized carbons (Fsp3) is 0.429. The zero-order valence-electron chi connectivity index (χ0n) is 10.6. The SMILES string of the molecule is CCCCCn1cnc(-c2ccc(C)nc2)c1. The van der Waals surface area contributed by atoms with Gasteiger partial charge >= 0.3 is 0 Å². The second-order valence-electron chi connectivity index (χ2n) is 4.39. The lowest BCUT2D eigenvalue weighted by Gasteiger charge is -2.00. The molecule has 3 heteroatoms. The van der Waals surface area contributed by atoms with Gasteiger partial charge in [0.05, 0.1) is 12.0 Å². The number of aromatic nitrogens is 3. The summed E-state index contributed by atoms with van der Waals surface area (Å²) in [6, 6.07) is 4.09. The van der Waals surface area contributed by atoms with E-state index < -0.39 is 0 Å². The molecule has 0 aliphatic carbocycles. The predicted molar refractivity (Wildman–Crippen MR) is 69.7 cm³/mol. The van der Waals surface area contributed by atoms with E-state index in [0.717, 1.165) is 23.5 Å². The average Bonchev–Trinajstić information content (AvgIpc) is 2.79. The van der Waals surface area contributed by atoms with Crippen LogP contribution < -0.4 is 0 Å². The number of pyridine rings is 1. The Kier molecular flexibility index (Phi) is 3.91. The van der Waals surface area contributed by atoms with E-state index in [9.17, 15) is 0 Å². The Balaban J connectivity index is 2.04. The van der Waals surface area contributed by atoms with Crippen LogP contribution in [0.4, 0.5) is 0 Å². The van der Waals surface area contributed by atoms with Crippen LogP contribution in [0.1, 0.15) is 31.9 Å². The zero-order chi connectivity index (χ0) is 12.1. The molecule has 0 spiro atoms. The molecular weight excluding hydrogens is 210 g/mol. The summed E-state index contributed by atoms with van der Waals surface area (Å²) in [5.74, 6) is 0. The molecule has 0 saturated carbocycles. The smallest absolute Gasteiger partial charge is 0.0953 e. The van der Waals surface area contributed by atoms with Crippen LogP contribution in [0.3, 0.4) is 0 Å². The highest BCUT2D eigenvalue weighted by atomic mass is 15.0. The number of unbranched alkanes of at least 4 members (excludes halogenated alkanes) is 2. The van der Waals surface area contributed by atoms with Crippen LogP contribution in [-0.4, -0.2) is 14.5 Å². The van der Waals surface area contributed by atoms with Crippen molar-refractivity contribution in [2.75, 3.05) is 0 Å². The van der Waals surface area contributed by atoms with E-state index in [4.69, 9.17) is 0 Å². The van der Waals surface area contributed by atoms with Gasteiger partial charge in [0.1, 0.15) is 0 Å². The van der Waals surface area contributed by atoms with E-state index in [1.807, 2.05) is 25.5 Å². The summed E-state index contributed by atoms with van der Waals surface area (Å²) < 4.78 is 2.16. The quantitative estimate of drug-likeness (QED) is 0.735. The van der Waals surface area contributed by atoms with Crippen LogP contribution in [0.15, 0.2) is 30.9 Å². The summed E-state index contributed by atoms with van der Waals surface area (Å²) in [4.78, 5) is 8.71. The highest BCUT2D eigenvalue weighted by Crippen LogP contribution is 2.16. The third-order valence-corrected chi connectivity index (χ3v) is 2.86. The summed E-state index contributed by atoms with van der Waals surface area (Å²) in [5, 5.41) is 0. The number of hydrogen-bond acceptors (Lipinski definition) is 2. The van der Waals surface area contributed by atoms with Crippen molar-refractivity contribution in [2.24, 2.45) is 0 Å². The molecule has 2 aromatic heterocycles. The maximum atomic E-state index is 4.42. The van der Waals surface area contributed by atoms with Gasteiger partial charge in [-0.05, 0) is 25.5 Å². The lowest BCUT2D eigenvalue weighted by Crippen LogP contribution is -1.93. The lowest BCUT2D eigenvalue weighted by molar-refractivity contribution is 0.602. The molecule has 2 heterocycles. The minimum atomic E-state index is 1.01. The molecule has 0 amide bonds. The van der Waals surface area contributed by atoms with Crippen molar-refractivity contribution >= 4 is 0 Å². The monoisotopic (exact) mass is 229 g/mol. The highest BCUT2D eigenvalue weighted by molar-refractivity contribution is 5.56. The van der Waals surface area contributed by atoms with E-state index in [-0.39, 0.29) is 0 Å². The minimum absolute atomic E-state index is 1.01. The average molecular weight is 229 g/mol. The standard InChI is InChI=1S/C14H19N3/c1-3-4-5-8-17-10-14(16-11-17)13-7-6-12(2)15-9-13/h6-7,9-11H,3-5,8H2,1-2H3. The van der Waals surface area contributed by atoms with Gasteiger partial charge in [-0.25, -0.2) is 4.98 Å². The second kappa shape index (κ2) is 5.62. The molecule has 90 valence electrons. The maximum absolute atomic E-state index is 4.42. The van der Waals surface area contributed by atoms with Gasteiger partial charge in [-0.2, -0.15) is 0 Å². The Bertz CT molecular complexity index is 457. The maximum Gasteiger partial charge on any atom is 0.0953 e. The molecule has 2 rings (SSSR count). The van der Waals surface area contributed by atoms with Crippen molar-refractivity contribution in [1.29, 1.82) is 0 Å². The molecule has 0 unspecified atom stereocenters. The Hall–Kier alpha value is -1.64. The van der Waals surface area contributed by atoms with E-state index >= 15 is 0 Å². The van der Waals surface area contributed by atoms with E-state index in [2.05, 4.69) is 33.7 Å². The third-order valence-electron chi connectivity index (χ3n) is 2.86. The molecule has 2 aromatic rings. The number of rotatable bonds is 5. The first-order chi connectivity index (χ1) is 8.29. The van der Waals surface area contributed by atoms with Crippen molar-refractivity contribution in [1.82, 2.24) is 14.5 Å². The topological polar surface area (TPSA) is 30.7 Å². The Morgan fingerprint density at radius 1 is 1.18 bits per heavy atom. The molecule has 0 radical (unpaired) electrons. The lowest BCUT2D eigenvalue weighted by atomic mass is 10.2. The van der Waals surface area contributed by atoms with Crippen molar-refractivity contribution < 1.29 is 0 Å². The van der Waals surface area contributed by atoms with Crippen molar-refractivity contribution in [3.63, 3.8) is 0 Å². The highest BCUT2D eigenvalue weighted by Gasteiger charge is 2.02. The third kappa shape index (κ3) is 3.16. The first kappa shape index (κ1) is 11.8.